The number of hydrogen-bond acceptors (Lipinski definition) is 5. The molecule has 0 spiro atoms. The molecule has 23 heavy (non-hydrogen) atoms. The van der Waals surface area contributed by atoms with Gasteiger partial charge in [-0.05, 0) is 32.4 Å². The number of rotatable bonds is 4. The molecule has 2 heterocycles. The van der Waals surface area contributed by atoms with E-state index in [0.29, 0.717) is 40.0 Å². The van der Waals surface area contributed by atoms with Crippen LogP contribution in [0.1, 0.15) is 19.4 Å². The third kappa shape index (κ3) is 2.48. The number of ether oxygens (including phenoxy) is 2. The van der Waals surface area contributed by atoms with Gasteiger partial charge in [-0.25, -0.2) is 4.79 Å². The monoisotopic (exact) mass is 314 g/mol. The summed E-state index contributed by atoms with van der Waals surface area (Å²) in [7, 11) is 3.09. The maximum atomic E-state index is 12.3. The SMILES string of the molecule is COc1c2ccoc2c(OC)c2oc(=O)c(CC=C(C)C)cc12. The number of allylic oxidation sites excluding steroid dienone is 2. The Kier molecular flexibility index (Phi) is 3.86. The van der Waals surface area contributed by atoms with Crippen LogP contribution in [0.2, 0.25) is 0 Å². The van der Waals surface area contributed by atoms with Crippen LogP contribution in [0.4, 0.5) is 0 Å². The van der Waals surface area contributed by atoms with E-state index >= 15 is 0 Å². The van der Waals surface area contributed by atoms with E-state index in [4.69, 9.17) is 18.3 Å². The molecule has 0 amide bonds. The van der Waals surface area contributed by atoms with Crippen LogP contribution in [0.3, 0.4) is 0 Å². The van der Waals surface area contributed by atoms with Crippen molar-refractivity contribution in [2.24, 2.45) is 0 Å². The molecule has 5 heteroatoms. The third-order valence-corrected chi connectivity index (χ3v) is 3.73. The minimum Gasteiger partial charge on any atom is -0.495 e. The van der Waals surface area contributed by atoms with Crippen molar-refractivity contribution < 1.29 is 18.3 Å². The molecule has 0 atom stereocenters. The lowest BCUT2D eigenvalue weighted by Crippen LogP contribution is -2.07. The topological polar surface area (TPSA) is 61.8 Å². The van der Waals surface area contributed by atoms with Crippen molar-refractivity contribution in [2.45, 2.75) is 20.3 Å². The summed E-state index contributed by atoms with van der Waals surface area (Å²) in [6, 6.07) is 3.60. The largest absolute Gasteiger partial charge is 0.495 e. The van der Waals surface area contributed by atoms with Crippen molar-refractivity contribution in [1.82, 2.24) is 0 Å². The van der Waals surface area contributed by atoms with E-state index in [-0.39, 0.29) is 5.63 Å². The highest BCUT2D eigenvalue weighted by Gasteiger charge is 2.21. The van der Waals surface area contributed by atoms with Gasteiger partial charge < -0.3 is 18.3 Å². The Labute approximate surface area is 133 Å². The lowest BCUT2D eigenvalue weighted by Gasteiger charge is -2.11. The molecule has 3 aromatic rings. The Balaban J connectivity index is 2.39. The minimum absolute atomic E-state index is 0.331. The highest BCUT2D eigenvalue weighted by atomic mass is 16.5. The number of methoxy groups -OCH3 is 2. The molecule has 0 aliphatic carbocycles. The van der Waals surface area contributed by atoms with Crippen LogP contribution >= 0.6 is 0 Å². The Hall–Kier alpha value is -2.69. The summed E-state index contributed by atoms with van der Waals surface area (Å²) in [5, 5.41) is 1.47. The van der Waals surface area contributed by atoms with Crippen molar-refractivity contribution in [2.75, 3.05) is 14.2 Å². The fourth-order valence-corrected chi connectivity index (χ4v) is 2.62. The first kappa shape index (κ1) is 15.2. The van der Waals surface area contributed by atoms with Crippen molar-refractivity contribution in [3.8, 4) is 11.5 Å². The number of hydrogen-bond donors (Lipinski definition) is 0. The highest BCUT2D eigenvalue weighted by Crippen LogP contribution is 2.42. The molecule has 0 N–H and O–H groups in total. The van der Waals surface area contributed by atoms with Gasteiger partial charge in [-0.15, -0.1) is 0 Å². The van der Waals surface area contributed by atoms with Crippen LogP contribution in [0.5, 0.6) is 11.5 Å². The second-order valence-electron chi connectivity index (χ2n) is 5.52. The maximum absolute atomic E-state index is 12.3. The minimum atomic E-state index is -0.388. The lowest BCUT2D eigenvalue weighted by molar-refractivity contribution is 0.398. The zero-order valence-electron chi connectivity index (χ0n) is 13.6. The van der Waals surface area contributed by atoms with E-state index in [1.54, 1.807) is 25.5 Å². The second-order valence-corrected chi connectivity index (χ2v) is 5.52. The number of furan rings is 1. The summed E-state index contributed by atoms with van der Waals surface area (Å²) in [5.74, 6) is 0.999. The predicted molar refractivity (Wildman–Crippen MR) is 88.5 cm³/mol. The molecule has 0 saturated heterocycles. The summed E-state index contributed by atoms with van der Waals surface area (Å²) < 4.78 is 21.9. The molecule has 3 rings (SSSR count). The zero-order valence-corrected chi connectivity index (χ0v) is 13.6. The molecule has 0 unspecified atom stereocenters. The standard InChI is InChI=1S/C18H18O5/c1-10(2)5-6-11-9-13-14(20-3)12-7-8-22-15(12)17(21-4)16(13)23-18(11)19/h5,7-9H,6H2,1-4H3. The van der Waals surface area contributed by atoms with Gasteiger partial charge in [0.15, 0.2) is 11.2 Å². The van der Waals surface area contributed by atoms with E-state index in [0.717, 1.165) is 11.0 Å². The van der Waals surface area contributed by atoms with Gasteiger partial charge in [-0.1, -0.05) is 11.6 Å². The van der Waals surface area contributed by atoms with Crippen molar-refractivity contribution >= 4 is 21.9 Å². The Morgan fingerprint density at radius 3 is 2.52 bits per heavy atom. The van der Waals surface area contributed by atoms with Gasteiger partial charge in [0.2, 0.25) is 5.75 Å². The first-order valence-electron chi connectivity index (χ1n) is 7.28. The zero-order chi connectivity index (χ0) is 16.6. The molecule has 2 aromatic heterocycles. The van der Waals surface area contributed by atoms with Crippen molar-refractivity contribution in [3.63, 3.8) is 0 Å². The van der Waals surface area contributed by atoms with Crippen molar-refractivity contribution in [3.05, 3.63) is 46.0 Å². The predicted octanol–water partition coefficient (Wildman–Crippen LogP) is 4.07. The van der Waals surface area contributed by atoms with Crippen molar-refractivity contribution in [1.29, 1.82) is 0 Å². The summed E-state index contributed by atoms with van der Waals surface area (Å²) >= 11 is 0. The molecule has 0 radical (unpaired) electrons. The maximum Gasteiger partial charge on any atom is 0.339 e. The van der Waals surface area contributed by atoms with Gasteiger partial charge >= 0.3 is 5.63 Å². The van der Waals surface area contributed by atoms with Crippen LogP contribution < -0.4 is 15.1 Å². The fraction of sp³-hybridized carbons (Fsp3) is 0.278. The van der Waals surface area contributed by atoms with E-state index in [2.05, 4.69) is 0 Å². The summed E-state index contributed by atoms with van der Waals surface area (Å²) in [6.07, 6.45) is 4.05. The molecule has 120 valence electrons. The Morgan fingerprint density at radius 2 is 1.87 bits per heavy atom. The average Bonchev–Trinajstić information content (AvgIpc) is 2.99. The van der Waals surface area contributed by atoms with Crippen LogP contribution in [-0.4, -0.2) is 14.2 Å². The van der Waals surface area contributed by atoms with E-state index in [1.807, 2.05) is 19.9 Å². The molecule has 0 aliphatic heterocycles. The molecular formula is C18H18O5. The van der Waals surface area contributed by atoms with E-state index in [9.17, 15) is 4.79 Å². The fourth-order valence-electron chi connectivity index (χ4n) is 2.62. The normalized spacial score (nSPS) is 11.0. The van der Waals surface area contributed by atoms with Crippen LogP contribution in [0.25, 0.3) is 21.9 Å². The van der Waals surface area contributed by atoms with Crippen LogP contribution in [0, 0.1) is 0 Å². The van der Waals surface area contributed by atoms with Gasteiger partial charge in [0.05, 0.1) is 31.3 Å². The average molecular weight is 314 g/mol. The molecule has 0 fully saturated rings. The van der Waals surface area contributed by atoms with Gasteiger partial charge in [-0.3, -0.25) is 0 Å². The summed E-state index contributed by atoms with van der Waals surface area (Å²) in [5.41, 5.74) is 2.15. The Bertz CT molecular complexity index is 955. The lowest BCUT2D eigenvalue weighted by atomic mass is 10.1. The molecule has 1 aromatic carbocycles. The summed E-state index contributed by atoms with van der Waals surface area (Å²) in [6.45, 7) is 3.97. The second kappa shape index (κ2) is 5.83. The number of fused-ring (bicyclic) bond motifs is 2. The molecule has 0 bridgehead atoms. The molecular weight excluding hydrogens is 296 g/mol. The number of benzene rings is 1. The van der Waals surface area contributed by atoms with Gasteiger partial charge in [0.1, 0.15) is 5.75 Å². The first-order chi connectivity index (χ1) is 11.1. The van der Waals surface area contributed by atoms with Gasteiger partial charge in [-0.2, -0.15) is 0 Å². The smallest absolute Gasteiger partial charge is 0.339 e. The molecule has 5 nitrogen and oxygen atoms in total. The first-order valence-corrected chi connectivity index (χ1v) is 7.28. The van der Waals surface area contributed by atoms with E-state index < -0.39 is 0 Å². The quantitative estimate of drug-likeness (QED) is 0.536. The van der Waals surface area contributed by atoms with Gasteiger partial charge in [0, 0.05) is 5.56 Å². The third-order valence-electron chi connectivity index (χ3n) is 3.73. The van der Waals surface area contributed by atoms with E-state index in [1.165, 1.54) is 7.11 Å². The summed E-state index contributed by atoms with van der Waals surface area (Å²) in [4.78, 5) is 12.3. The highest BCUT2D eigenvalue weighted by molar-refractivity contribution is 6.06. The van der Waals surface area contributed by atoms with Crippen LogP contribution in [-0.2, 0) is 6.42 Å². The molecule has 0 saturated carbocycles. The molecule has 0 aliphatic rings. The Morgan fingerprint density at radius 1 is 1.13 bits per heavy atom. The van der Waals surface area contributed by atoms with Crippen LogP contribution in [0.15, 0.2) is 43.7 Å². The van der Waals surface area contributed by atoms with Gasteiger partial charge in [0.25, 0.3) is 0 Å².